The molecule has 1 unspecified atom stereocenters. The van der Waals surface area contributed by atoms with Crippen LogP contribution in [0.25, 0.3) is 0 Å². The summed E-state index contributed by atoms with van der Waals surface area (Å²) in [6.07, 6.45) is 3.21. The average molecular weight is 504 g/mol. The molecule has 3 N–H and O–H groups in total. The van der Waals surface area contributed by atoms with Crippen LogP contribution in [-0.4, -0.2) is 60.1 Å². The number of benzene rings is 1. The highest BCUT2D eigenvalue weighted by Crippen LogP contribution is 2.38. The summed E-state index contributed by atoms with van der Waals surface area (Å²) in [5.41, 5.74) is 0.825. The van der Waals surface area contributed by atoms with Crippen molar-refractivity contribution < 1.29 is 41.6 Å². The number of urea groups is 1. The van der Waals surface area contributed by atoms with Gasteiger partial charge in [-0.25, -0.2) is 17.8 Å². The number of sulfone groups is 1. The molecule has 0 aromatic heterocycles. The van der Waals surface area contributed by atoms with Gasteiger partial charge in [0.15, 0.2) is 9.84 Å². The molecular formula is C20H29N2O9PS. The molecule has 11 nitrogen and oxygen atoms in total. The minimum atomic E-state index is -5.04. The lowest BCUT2D eigenvalue weighted by molar-refractivity contribution is 0.0451. The Morgan fingerprint density at radius 3 is 2.55 bits per heavy atom. The topological polar surface area (TPSA) is 152 Å². The molecule has 1 aliphatic carbocycles. The molecule has 0 spiro atoms. The minimum absolute atomic E-state index is 0.0188. The van der Waals surface area contributed by atoms with E-state index in [1.54, 1.807) is 0 Å². The highest BCUT2D eigenvalue weighted by Gasteiger charge is 2.34. The van der Waals surface area contributed by atoms with Crippen molar-refractivity contribution in [3.63, 3.8) is 0 Å². The zero-order valence-electron chi connectivity index (χ0n) is 18.0. The van der Waals surface area contributed by atoms with Crippen LogP contribution in [0.5, 0.6) is 0 Å². The largest absolute Gasteiger partial charge is 0.469 e. The van der Waals surface area contributed by atoms with Crippen LogP contribution >= 0.6 is 7.82 Å². The van der Waals surface area contributed by atoms with E-state index in [0.717, 1.165) is 36.1 Å². The standard InChI is InChI=1S/C20H29N2O9PS/c23-20(21-10-16-6-2-1-3-7-16)22(19-12-29-15-30-19)11-18(31-32(24,25)26)14-33(27,28)13-17-8-4-5-9-17/h1-3,6-7,12,17-18H,4-5,8-11,13-15H2,(H,21,23)(H2,24,25,26). The Balaban J connectivity index is 1.73. The summed E-state index contributed by atoms with van der Waals surface area (Å²) in [4.78, 5) is 32.6. The summed E-state index contributed by atoms with van der Waals surface area (Å²) in [5.74, 6) is -0.736. The Labute approximate surface area is 192 Å². The molecule has 1 aliphatic heterocycles. The zero-order valence-corrected chi connectivity index (χ0v) is 19.7. The average Bonchev–Trinajstić information content (AvgIpc) is 3.43. The number of rotatable bonds is 11. The third-order valence-electron chi connectivity index (χ3n) is 5.33. The maximum Gasteiger partial charge on any atom is 0.469 e. The fraction of sp³-hybridized carbons (Fsp3) is 0.550. The van der Waals surface area contributed by atoms with E-state index < -0.39 is 42.1 Å². The molecule has 3 rings (SSSR count). The van der Waals surface area contributed by atoms with Crippen LogP contribution in [0.2, 0.25) is 0 Å². The number of nitrogens with one attached hydrogen (secondary N) is 1. The maximum atomic E-state index is 12.9. The van der Waals surface area contributed by atoms with Gasteiger partial charge in [-0.05, 0) is 24.3 Å². The second-order valence-corrected chi connectivity index (χ2v) is 11.4. The highest BCUT2D eigenvalue weighted by atomic mass is 32.2. The fourth-order valence-corrected chi connectivity index (χ4v) is 6.48. The van der Waals surface area contributed by atoms with Crippen LogP contribution in [0.1, 0.15) is 31.2 Å². The molecule has 33 heavy (non-hydrogen) atoms. The van der Waals surface area contributed by atoms with Crippen molar-refractivity contribution in [2.24, 2.45) is 5.92 Å². The lowest BCUT2D eigenvalue weighted by atomic mass is 10.1. The Morgan fingerprint density at radius 2 is 1.94 bits per heavy atom. The summed E-state index contributed by atoms with van der Waals surface area (Å²) in [7, 11) is -8.74. The number of amides is 2. The Morgan fingerprint density at radius 1 is 1.24 bits per heavy atom. The summed E-state index contributed by atoms with van der Waals surface area (Å²) in [6.45, 7) is -0.444. The molecule has 0 saturated heterocycles. The van der Waals surface area contributed by atoms with Gasteiger partial charge in [-0.15, -0.1) is 0 Å². The van der Waals surface area contributed by atoms with Gasteiger partial charge >= 0.3 is 13.9 Å². The third kappa shape index (κ3) is 8.63. The lowest BCUT2D eigenvalue weighted by Gasteiger charge is -2.27. The molecule has 0 radical (unpaired) electrons. The van der Waals surface area contributed by atoms with Gasteiger partial charge in [0.1, 0.15) is 12.4 Å². The van der Waals surface area contributed by atoms with Crippen molar-refractivity contribution in [2.45, 2.75) is 38.3 Å². The predicted octanol–water partition coefficient (Wildman–Crippen LogP) is 2.08. The first-order valence-electron chi connectivity index (χ1n) is 10.6. The first kappa shape index (κ1) is 25.5. The summed E-state index contributed by atoms with van der Waals surface area (Å²) in [5, 5.41) is 2.68. The van der Waals surface area contributed by atoms with Crippen molar-refractivity contribution in [1.82, 2.24) is 10.2 Å². The molecule has 1 aromatic carbocycles. The number of phosphoric acid groups is 1. The van der Waals surface area contributed by atoms with Crippen LogP contribution in [0, 0.1) is 5.92 Å². The van der Waals surface area contributed by atoms with Crippen molar-refractivity contribution >= 4 is 23.7 Å². The van der Waals surface area contributed by atoms with Gasteiger partial charge < -0.3 is 24.6 Å². The molecule has 0 bridgehead atoms. The smallest absolute Gasteiger partial charge is 0.459 e. The van der Waals surface area contributed by atoms with E-state index in [4.69, 9.17) is 14.0 Å². The van der Waals surface area contributed by atoms with E-state index in [-0.39, 0.29) is 30.9 Å². The Hall–Kier alpha value is -2.11. The molecule has 1 fully saturated rings. The third-order valence-corrected chi connectivity index (χ3v) is 7.77. The summed E-state index contributed by atoms with van der Waals surface area (Å²) >= 11 is 0. The van der Waals surface area contributed by atoms with Crippen molar-refractivity contribution in [3.8, 4) is 0 Å². The van der Waals surface area contributed by atoms with E-state index in [1.165, 1.54) is 6.26 Å². The number of carbonyl (C=O) groups is 1. The van der Waals surface area contributed by atoms with E-state index in [9.17, 15) is 27.6 Å². The number of phosphoric ester groups is 1. The van der Waals surface area contributed by atoms with Gasteiger partial charge in [0, 0.05) is 6.54 Å². The van der Waals surface area contributed by atoms with Gasteiger partial charge in [0.05, 0.1) is 18.1 Å². The monoisotopic (exact) mass is 504 g/mol. The van der Waals surface area contributed by atoms with Crippen LogP contribution in [0.4, 0.5) is 4.79 Å². The second-order valence-electron chi connectivity index (χ2n) is 8.09. The summed E-state index contributed by atoms with van der Waals surface area (Å²) < 4.78 is 52.1. The van der Waals surface area contributed by atoms with E-state index >= 15 is 0 Å². The molecule has 2 amide bonds. The zero-order chi connectivity index (χ0) is 23.9. The molecule has 1 heterocycles. The van der Waals surface area contributed by atoms with E-state index in [2.05, 4.69) is 5.32 Å². The maximum absolute atomic E-state index is 12.9. The van der Waals surface area contributed by atoms with Gasteiger partial charge in [0.2, 0.25) is 12.7 Å². The molecular weight excluding hydrogens is 475 g/mol. The van der Waals surface area contributed by atoms with Gasteiger partial charge in [-0.1, -0.05) is 43.2 Å². The number of hydrogen-bond acceptors (Lipinski definition) is 7. The number of hydrogen-bond donors (Lipinski definition) is 3. The van der Waals surface area contributed by atoms with Crippen LogP contribution in [0.15, 0.2) is 42.5 Å². The Bertz CT molecular complexity index is 975. The molecule has 2 aliphatic rings. The number of nitrogens with zero attached hydrogens (tertiary/aromatic N) is 1. The SMILES string of the molecule is O=C(NCc1ccccc1)N(CC(CS(=O)(=O)CC1CCCC1)OP(=O)(O)O)C1=COCO1. The fourth-order valence-electron chi connectivity index (χ4n) is 3.92. The molecule has 1 saturated carbocycles. The normalized spacial score (nSPS) is 17.7. The van der Waals surface area contributed by atoms with Gasteiger partial charge in [-0.2, -0.15) is 0 Å². The number of carbonyl (C=O) groups excluding carboxylic acids is 1. The lowest BCUT2D eigenvalue weighted by Crippen LogP contribution is -2.45. The summed E-state index contributed by atoms with van der Waals surface area (Å²) in [6, 6.07) is 8.43. The minimum Gasteiger partial charge on any atom is -0.459 e. The molecule has 184 valence electrons. The quantitative estimate of drug-likeness (QED) is 0.385. The van der Waals surface area contributed by atoms with Crippen LogP contribution in [-0.2, 0) is 34.9 Å². The Kier molecular flexibility index (Phi) is 8.77. The van der Waals surface area contributed by atoms with Crippen LogP contribution in [0.3, 0.4) is 0 Å². The van der Waals surface area contributed by atoms with Crippen LogP contribution < -0.4 is 5.32 Å². The van der Waals surface area contributed by atoms with Gasteiger partial charge in [0.25, 0.3) is 0 Å². The van der Waals surface area contributed by atoms with Gasteiger partial charge in [-0.3, -0.25) is 9.42 Å². The highest BCUT2D eigenvalue weighted by molar-refractivity contribution is 7.91. The second kappa shape index (κ2) is 11.3. The number of ether oxygens (including phenoxy) is 2. The first-order chi connectivity index (χ1) is 15.6. The molecule has 13 heteroatoms. The molecule has 1 aromatic rings. The first-order valence-corrected chi connectivity index (χ1v) is 13.9. The predicted molar refractivity (Wildman–Crippen MR) is 118 cm³/mol. The van der Waals surface area contributed by atoms with Crippen molar-refractivity contribution in [1.29, 1.82) is 0 Å². The van der Waals surface area contributed by atoms with E-state index in [1.807, 2.05) is 30.3 Å². The van der Waals surface area contributed by atoms with E-state index in [0.29, 0.717) is 0 Å². The van der Waals surface area contributed by atoms with Crippen molar-refractivity contribution in [2.75, 3.05) is 24.8 Å². The molecule has 1 atom stereocenters. The van der Waals surface area contributed by atoms with Crippen molar-refractivity contribution in [3.05, 3.63) is 48.0 Å².